The smallest absolute Gasteiger partial charge is 0.137 e. The number of aromatic amines is 1. The van der Waals surface area contributed by atoms with E-state index in [-0.39, 0.29) is 6.04 Å². The third-order valence-corrected chi connectivity index (χ3v) is 3.47. The highest BCUT2D eigenvalue weighted by atomic mass is 16.5. The summed E-state index contributed by atoms with van der Waals surface area (Å²) in [5, 5.41) is 1.23. The van der Waals surface area contributed by atoms with Crippen molar-refractivity contribution in [2.24, 2.45) is 5.73 Å². The molecular weight excluding hydrogens is 262 g/mol. The molecule has 3 rings (SSSR count). The summed E-state index contributed by atoms with van der Waals surface area (Å²) in [6.45, 7) is 2.47. The van der Waals surface area contributed by atoms with Crippen molar-refractivity contribution in [1.82, 2.24) is 9.97 Å². The van der Waals surface area contributed by atoms with E-state index >= 15 is 0 Å². The number of H-pyrrole nitrogens is 1. The number of fused-ring (bicyclic) bond motifs is 1. The first-order valence-corrected chi connectivity index (χ1v) is 7.07. The summed E-state index contributed by atoms with van der Waals surface area (Å²) in [6.07, 6.45) is 6.33. The van der Waals surface area contributed by atoms with E-state index in [1.54, 1.807) is 12.4 Å². The van der Waals surface area contributed by atoms with Gasteiger partial charge >= 0.3 is 0 Å². The second-order valence-corrected chi connectivity index (χ2v) is 5.33. The highest BCUT2D eigenvalue weighted by Crippen LogP contribution is 2.19. The largest absolute Gasteiger partial charge is 0.490 e. The van der Waals surface area contributed by atoms with Gasteiger partial charge in [0.05, 0.1) is 6.20 Å². The second kappa shape index (κ2) is 5.97. The molecule has 0 saturated heterocycles. The summed E-state index contributed by atoms with van der Waals surface area (Å²) in [6, 6.07) is 10.2. The van der Waals surface area contributed by atoms with E-state index in [4.69, 9.17) is 10.5 Å². The average molecular weight is 281 g/mol. The fraction of sp³-hybridized carbons (Fsp3) is 0.235. The topological polar surface area (TPSA) is 63.9 Å². The van der Waals surface area contributed by atoms with Crippen molar-refractivity contribution in [3.63, 3.8) is 0 Å². The lowest BCUT2D eigenvalue weighted by molar-refractivity contribution is 0.286. The summed E-state index contributed by atoms with van der Waals surface area (Å²) in [7, 11) is 0. The summed E-state index contributed by atoms with van der Waals surface area (Å²) < 4.78 is 5.71. The highest BCUT2D eigenvalue weighted by Gasteiger charge is 2.09. The first kappa shape index (κ1) is 13.6. The Morgan fingerprint density at radius 2 is 2.14 bits per heavy atom. The fourth-order valence-corrected chi connectivity index (χ4v) is 2.45. The SMILES string of the molecule is Cc1cncc(OCC(N)Cc2c[nH]c3ccccc23)c1. The first-order chi connectivity index (χ1) is 10.2. The van der Waals surface area contributed by atoms with Crippen LogP contribution in [0.1, 0.15) is 11.1 Å². The lowest BCUT2D eigenvalue weighted by atomic mass is 10.1. The van der Waals surface area contributed by atoms with Crippen LogP contribution in [0.5, 0.6) is 5.75 Å². The third kappa shape index (κ3) is 3.23. The van der Waals surface area contributed by atoms with Gasteiger partial charge < -0.3 is 15.5 Å². The number of ether oxygens (including phenoxy) is 1. The molecule has 4 heteroatoms. The van der Waals surface area contributed by atoms with Crippen LogP contribution in [-0.2, 0) is 6.42 Å². The Morgan fingerprint density at radius 3 is 3.00 bits per heavy atom. The van der Waals surface area contributed by atoms with Crippen LogP contribution in [0.2, 0.25) is 0 Å². The molecule has 0 aliphatic carbocycles. The molecule has 1 atom stereocenters. The molecule has 3 aromatic rings. The highest BCUT2D eigenvalue weighted by molar-refractivity contribution is 5.83. The van der Waals surface area contributed by atoms with E-state index in [1.807, 2.05) is 31.3 Å². The molecule has 0 bridgehead atoms. The standard InChI is InChI=1S/C17H19N3O/c1-12-6-15(10-19-8-12)21-11-14(18)7-13-9-20-17-5-3-2-4-16(13)17/h2-6,8-10,14,20H,7,11,18H2,1H3. The quantitative estimate of drug-likeness (QED) is 0.756. The lowest BCUT2D eigenvalue weighted by Gasteiger charge is -2.13. The van der Waals surface area contributed by atoms with Gasteiger partial charge in [0.1, 0.15) is 12.4 Å². The molecular formula is C17H19N3O. The van der Waals surface area contributed by atoms with Crippen LogP contribution in [-0.4, -0.2) is 22.6 Å². The second-order valence-electron chi connectivity index (χ2n) is 5.33. The molecule has 0 aliphatic heterocycles. The predicted octanol–water partition coefficient (Wildman–Crippen LogP) is 2.82. The zero-order chi connectivity index (χ0) is 14.7. The zero-order valence-corrected chi connectivity index (χ0v) is 12.0. The molecule has 0 amide bonds. The summed E-state index contributed by atoms with van der Waals surface area (Å²) in [5.74, 6) is 0.768. The van der Waals surface area contributed by atoms with E-state index < -0.39 is 0 Å². The Balaban J connectivity index is 1.62. The Labute approximate surface area is 124 Å². The Bertz CT molecular complexity index is 735. The summed E-state index contributed by atoms with van der Waals surface area (Å²) >= 11 is 0. The zero-order valence-electron chi connectivity index (χ0n) is 12.0. The van der Waals surface area contributed by atoms with Crippen LogP contribution in [0.3, 0.4) is 0 Å². The minimum atomic E-state index is -0.0512. The number of nitrogens with two attached hydrogens (primary N) is 1. The van der Waals surface area contributed by atoms with Gasteiger partial charge in [0.15, 0.2) is 0 Å². The van der Waals surface area contributed by atoms with Gasteiger partial charge in [-0.25, -0.2) is 0 Å². The van der Waals surface area contributed by atoms with Gasteiger partial charge in [0.2, 0.25) is 0 Å². The van der Waals surface area contributed by atoms with Gasteiger partial charge in [0.25, 0.3) is 0 Å². The van der Waals surface area contributed by atoms with E-state index in [0.717, 1.165) is 23.3 Å². The van der Waals surface area contributed by atoms with Gasteiger partial charge in [0, 0.05) is 29.3 Å². The van der Waals surface area contributed by atoms with E-state index in [0.29, 0.717) is 6.61 Å². The molecule has 2 heterocycles. The normalized spacial score (nSPS) is 12.5. The Hall–Kier alpha value is -2.33. The number of hydrogen-bond acceptors (Lipinski definition) is 3. The van der Waals surface area contributed by atoms with Crippen molar-refractivity contribution in [1.29, 1.82) is 0 Å². The van der Waals surface area contributed by atoms with E-state index in [1.165, 1.54) is 10.9 Å². The van der Waals surface area contributed by atoms with Crippen LogP contribution in [0.25, 0.3) is 10.9 Å². The van der Waals surface area contributed by atoms with Gasteiger partial charge in [-0.2, -0.15) is 0 Å². The van der Waals surface area contributed by atoms with E-state index in [2.05, 4.69) is 22.1 Å². The maximum absolute atomic E-state index is 6.18. The third-order valence-electron chi connectivity index (χ3n) is 3.47. The molecule has 21 heavy (non-hydrogen) atoms. The number of nitrogens with zero attached hydrogens (tertiary/aromatic N) is 1. The average Bonchev–Trinajstić information content (AvgIpc) is 2.89. The minimum absolute atomic E-state index is 0.0512. The van der Waals surface area contributed by atoms with Crippen LogP contribution < -0.4 is 10.5 Å². The molecule has 4 nitrogen and oxygen atoms in total. The van der Waals surface area contributed by atoms with Crippen molar-refractivity contribution < 1.29 is 4.74 Å². The Morgan fingerprint density at radius 1 is 1.29 bits per heavy atom. The van der Waals surface area contributed by atoms with Crippen molar-refractivity contribution in [3.05, 3.63) is 60.0 Å². The van der Waals surface area contributed by atoms with Crippen molar-refractivity contribution >= 4 is 10.9 Å². The molecule has 0 fully saturated rings. The van der Waals surface area contributed by atoms with Gasteiger partial charge in [-0.3, -0.25) is 4.98 Å². The van der Waals surface area contributed by atoms with E-state index in [9.17, 15) is 0 Å². The maximum Gasteiger partial charge on any atom is 0.137 e. The van der Waals surface area contributed by atoms with Crippen LogP contribution in [0, 0.1) is 6.92 Å². The van der Waals surface area contributed by atoms with Gasteiger partial charge in [-0.15, -0.1) is 0 Å². The van der Waals surface area contributed by atoms with Crippen LogP contribution in [0.15, 0.2) is 48.9 Å². The Kier molecular flexibility index (Phi) is 3.88. The molecule has 108 valence electrons. The molecule has 3 N–H and O–H groups in total. The predicted molar refractivity (Wildman–Crippen MR) is 84.4 cm³/mol. The number of benzene rings is 1. The molecule has 1 unspecified atom stereocenters. The molecule has 2 aromatic heterocycles. The number of hydrogen-bond donors (Lipinski definition) is 2. The summed E-state index contributed by atoms with van der Waals surface area (Å²) in [5.41, 5.74) is 9.63. The lowest BCUT2D eigenvalue weighted by Crippen LogP contribution is -2.30. The number of pyridine rings is 1. The molecule has 0 radical (unpaired) electrons. The minimum Gasteiger partial charge on any atom is -0.490 e. The maximum atomic E-state index is 6.18. The number of nitrogens with one attached hydrogen (secondary N) is 1. The molecule has 1 aromatic carbocycles. The van der Waals surface area contributed by atoms with Crippen molar-refractivity contribution in [3.8, 4) is 5.75 Å². The monoisotopic (exact) mass is 281 g/mol. The van der Waals surface area contributed by atoms with Crippen LogP contribution >= 0.6 is 0 Å². The van der Waals surface area contributed by atoms with Crippen molar-refractivity contribution in [2.75, 3.05) is 6.61 Å². The summed E-state index contributed by atoms with van der Waals surface area (Å²) in [4.78, 5) is 7.38. The number of para-hydroxylation sites is 1. The number of aryl methyl sites for hydroxylation is 1. The first-order valence-electron chi connectivity index (χ1n) is 7.07. The number of rotatable bonds is 5. The molecule has 0 spiro atoms. The molecule has 0 aliphatic rings. The van der Waals surface area contributed by atoms with Crippen molar-refractivity contribution in [2.45, 2.75) is 19.4 Å². The van der Waals surface area contributed by atoms with Crippen LogP contribution in [0.4, 0.5) is 0 Å². The van der Waals surface area contributed by atoms with Gasteiger partial charge in [-0.05, 0) is 36.6 Å². The van der Waals surface area contributed by atoms with Gasteiger partial charge in [-0.1, -0.05) is 18.2 Å². The molecule has 0 saturated carbocycles. The fourth-order valence-electron chi connectivity index (χ4n) is 2.45. The number of aromatic nitrogens is 2.